The Kier molecular flexibility index (Phi) is 15.3. The van der Waals surface area contributed by atoms with Crippen LogP contribution < -0.4 is 31.5 Å². The fraction of sp³-hybridized carbons (Fsp3) is 0.381. The number of hydrogen-bond donors (Lipinski definition) is 8. The predicted molar refractivity (Wildman–Crippen MR) is 219 cm³/mol. The average molecular weight is 858 g/mol. The van der Waals surface area contributed by atoms with Gasteiger partial charge in [0.2, 0.25) is 29.5 Å². The number of carboxylic acid groups (broad SMARTS) is 3. The Balaban J connectivity index is 1.28. The number of carbonyl (C=O) groups excluding carboxylic acids is 7. The quantitative estimate of drug-likeness (QED) is 0.0703. The zero-order valence-electron chi connectivity index (χ0n) is 33.7. The molecule has 328 valence electrons. The van der Waals surface area contributed by atoms with Crippen LogP contribution in [-0.4, -0.2) is 130 Å². The van der Waals surface area contributed by atoms with E-state index < -0.39 is 116 Å². The highest BCUT2D eigenvalue weighted by Gasteiger charge is 2.36. The molecule has 0 bridgehead atoms. The summed E-state index contributed by atoms with van der Waals surface area (Å²) in [6.45, 7) is 1.15. The number of hydrogen-bond acceptors (Lipinski definition) is 11. The molecule has 0 radical (unpaired) electrons. The summed E-state index contributed by atoms with van der Waals surface area (Å²) < 4.78 is 0. The Bertz CT molecular complexity index is 2240. The van der Waals surface area contributed by atoms with Gasteiger partial charge in [0.25, 0.3) is 11.8 Å². The molecule has 0 spiro atoms. The third-order valence-corrected chi connectivity index (χ3v) is 10.4. The summed E-state index contributed by atoms with van der Waals surface area (Å²) in [5.41, 5.74) is 1.90. The number of carboxylic acids is 3. The Labute approximate surface area is 354 Å². The number of benzene rings is 3. The van der Waals surface area contributed by atoms with Crippen molar-refractivity contribution in [1.82, 2.24) is 31.5 Å². The zero-order chi connectivity index (χ0) is 45.1. The van der Waals surface area contributed by atoms with Crippen LogP contribution in [-0.2, 0) is 44.8 Å². The Morgan fingerprint density at radius 3 is 1.95 bits per heavy atom. The molecule has 5 rings (SSSR count). The van der Waals surface area contributed by atoms with Crippen LogP contribution in [0, 0.1) is 0 Å². The van der Waals surface area contributed by atoms with Crippen molar-refractivity contribution in [2.45, 2.75) is 76.0 Å². The maximum absolute atomic E-state index is 13.8. The lowest BCUT2D eigenvalue weighted by Crippen LogP contribution is -2.57. The zero-order valence-corrected chi connectivity index (χ0v) is 33.7. The Hall–Kier alpha value is -7.38. The van der Waals surface area contributed by atoms with Gasteiger partial charge in [0, 0.05) is 53.5 Å². The van der Waals surface area contributed by atoms with E-state index in [1.54, 1.807) is 48.5 Å². The predicted octanol–water partition coefficient (Wildman–Crippen LogP) is 0.168. The van der Waals surface area contributed by atoms with Crippen LogP contribution in [0.1, 0.15) is 71.7 Å². The molecule has 3 aromatic carbocycles. The standard InChI is InChI=1S/C42H47N7O13/c1-23(42(61)62)44-38(57)28(14-16-34(52)53)45-32(50)21-43-37(56)30(20-35(54)55)47-39(58)29(19-24-9-4-2-5-10-24)46-33(51)22-49-40(59)26-12-8-11-25-31(48-17-6-3-7-18-48)15-13-27(36(25)26)41(49)60/h2,4-5,8-13,15,23,28-30H,3,6-7,14,16-22H2,1H3,(H,43,56)(H,44,57)(H,45,50)(H,46,51)(H,47,58)(H,52,53)(H,54,55)(H,61,62)/t23-,28-,29?,30-/m0/s1. The number of piperidine rings is 1. The molecule has 62 heavy (non-hydrogen) atoms. The van der Waals surface area contributed by atoms with Crippen LogP contribution in [0.5, 0.6) is 0 Å². The summed E-state index contributed by atoms with van der Waals surface area (Å²) in [6.07, 6.45) is 0.952. The van der Waals surface area contributed by atoms with E-state index in [9.17, 15) is 53.1 Å². The fourth-order valence-corrected chi connectivity index (χ4v) is 7.23. The van der Waals surface area contributed by atoms with Crippen LogP contribution in [0.3, 0.4) is 0 Å². The van der Waals surface area contributed by atoms with Crippen LogP contribution in [0.4, 0.5) is 5.69 Å². The summed E-state index contributed by atoms with van der Waals surface area (Å²) >= 11 is 0. The lowest BCUT2D eigenvalue weighted by Gasteiger charge is -2.32. The summed E-state index contributed by atoms with van der Waals surface area (Å²) in [5.74, 6) is -10.8. The second kappa shape index (κ2) is 20.7. The van der Waals surface area contributed by atoms with E-state index >= 15 is 0 Å². The summed E-state index contributed by atoms with van der Waals surface area (Å²) in [4.78, 5) is 131. The van der Waals surface area contributed by atoms with Gasteiger partial charge in [-0.2, -0.15) is 0 Å². The van der Waals surface area contributed by atoms with Gasteiger partial charge in [0.05, 0.1) is 13.0 Å². The number of carbonyl (C=O) groups is 10. The molecule has 1 saturated heterocycles. The van der Waals surface area contributed by atoms with Gasteiger partial charge < -0.3 is 46.8 Å². The molecule has 2 aliphatic rings. The molecule has 0 saturated carbocycles. The van der Waals surface area contributed by atoms with Gasteiger partial charge >= 0.3 is 17.9 Å². The first-order valence-electron chi connectivity index (χ1n) is 19.9. The van der Waals surface area contributed by atoms with Gasteiger partial charge in [0.1, 0.15) is 30.7 Å². The van der Waals surface area contributed by atoms with Crippen molar-refractivity contribution in [1.29, 1.82) is 0 Å². The highest BCUT2D eigenvalue weighted by Crippen LogP contribution is 2.36. The first-order valence-corrected chi connectivity index (χ1v) is 19.9. The molecule has 8 N–H and O–H groups in total. The van der Waals surface area contributed by atoms with Gasteiger partial charge in [-0.1, -0.05) is 42.5 Å². The molecule has 7 amide bonds. The molecule has 1 fully saturated rings. The number of rotatable bonds is 20. The number of imide groups is 1. The molecule has 20 nitrogen and oxygen atoms in total. The molecule has 0 aromatic heterocycles. The topological polar surface area (TPSA) is 298 Å². The van der Waals surface area contributed by atoms with Crippen molar-refractivity contribution in [3.8, 4) is 0 Å². The Morgan fingerprint density at radius 2 is 1.31 bits per heavy atom. The highest BCUT2D eigenvalue weighted by atomic mass is 16.4. The minimum absolute atomic E-state index is 0.175. The third-order valence-electron chi connectivity index (χ3n) is 10.4. The average Bonchev–Trinajstić information content (AvgIpc) is 3.24. The van der Waals surface area contributed by atoms with E-state index in [-0.39, 0.29) is 17.5 Å². The molecule has 4 atom stereocenters. The molecule has 2 aliphatic heterocycles. The number of aliphatic carboxylic acids is 3. The second-order valence-corrected chi connectivity index (χ2v) is 14.9. The molecular formula is C42H47N7O13. The van der Waals surface area contributed by atoms with E-state index in [0.717, 1.165) is 55.2 Å². The largest absolute Gasteiger partial charge is 0.481 e. The van der Waals surface area contributed by atoms with Crippen LogP contribution in [0.15, 0.2) is 60.7 Å². The van der Waals surface area contributed by atoms with Crippen molar-refractivity contribution < 1.29 is 63.3 Å². The summed E-state index contributed by atoms with van der Waals surface area (Å²) in [5, 5.41) is 40.2. The first kappa shape index (κ1) is 45.7. The van der Waals surface area contributed by atoms with E-state index in [2.05, 4.69) is 31.5 Å². The minimum Gasteiger partial charge on any atom is -0.481 e. The van der Waals surface area contributed by atoms with Crippen LogP contribution >= 0.6 is 0 Å². The lowest BCUT2D eigenvalue weighted by atomic mass is 9.92. The van der Waals surface area contributed by atoms with E-state index in [4.69, 9.17) is 10.2 Å². The van der Waals surface area contributed by atoms with E-state index in [0.29, 0.717) is 10.9 Å². The fourth-order valence-electron chi connectivity index (χ4n) is 7.23. The van der Waals surface area contributed by atoms with Crippen molar-refractivity contribution in [3.63, 3.8) is 0 Å². The number of nitrogens with one attached hydrogen (secondary N) is 5. The number of anilines is 1. The maximum atomic E-state index is 13.8. The molecule has 0 aliphatic carbocycles. The van der Waals surface area contributed by atoms with Crippen LogP contribution in [0.25, 0.3) is 10.8 Å². The molecule has 2 heterocycles. The van der Waals surface area contributed by atoms with Gasteiger partial charge in [-0.05, 0) is 56.4 Å². The van der Waals surface area contributed by atoms with Gasteiger partial charge in [0.15, 0.2) is 0 Å². The van der Waals surface area contributed by atoms with Crippen molar-refractivity contribution in [3.05, 3.63) is 77.4 Å². The lowest BCUT2D eigenvalue weighted by molar-refractivity contribution is -0.142. The van der Waals surface area contributed by atoms with E-state index in [1.807, 2.05) is 12.1 Å². The summed E-state index contributed by atoms with van der Waals surface area (Å²) in [6, 6.07) is 10.7. The van der Waals surface area contributed by atoms with Gasteiger partial charge in [-0.3, -0.25) is 52.8 Å². The maximum Gasteiger partial charge on any atom is 0.325 e. The SMILES string of the molecule is C[C@H](NC(=O)[C@H](CCC(=O)O)NC(=O)CNC(=O)[C@H](CC(=O)O)NC(=O)C(Cc1ccccc1)NC(=O)CN1C(=O)c2cccc3c(N4CCCCC4)ccc(c23)C1=O)C(=O)O. The molecular weight excluding hydrogens is 810 g/mol. The number of nitrogens with zero attached hydrogens (tertiary/aromatic N) is 2. The number of amides is 7. The van der Waals surface area contributed by atoms with Crippen molar-refractivity contribution in [2.24, 2.45) is 0 Å². The highest BCUT2D eigenvalue weighted by molar-refractivity contribution is 6.27. The van der Waals surface area contributed by atoms with Gasteiger partial charge in [-0.25, -0.2) is 0 Å². The second-order valence-electron chi connectivity index (χ2n) is 14.9. The van der Waals surface area contributed by atoms with Crippen molar-refractivity contribution >= 4 is 75.7 Å². The summed E-state index contributed by atoms with van der Waals surface area (Å²) in [7, 11) is 0. The molecule has 20 heteroatoms. The van der Waals surface area contributed by atoms with E-state index in [1.165, 1.54) is 0 Å². The first-order chi connectivity index (χ1) is 29.5. The molecule has 1 unspecified atom stereocenters. The monoisotopic (exact) mass is 857 g/mol. The smallest absolute Gasteiger partial charge is 0.325 e. The molecule has 3 aromatic rings. The third kappa shape index (κ3) is 11.7. The Morgan fingerprint density at radius 1 is 0.661 bits per heavy atom. The normalized spacial score (nSPS) is 15.4. The van der Waals surface area contributed by atoms with Crippen LogP contribution in [0.2, 0.25) is 0 Å². The van der Waals surface area contributed by atoms with Crippen molar-refractivity contribution in [2.75, 3.05) is 31.1 Å². The van der Waals surface area contributed by atoms with Gasteiger partial charge in [-0.15, -0.1) is 0 Å². The minimum atomic E-state index is -1.82.